The summed E-state index contributed by atoms with van der Waals surface area (Å²) in [6.45, 7) is 3.90. The van der Waals surface area contributed by atoms with Crippen molar-refractivity contribution in [1.29, 1.82) is 0 Å². The van der Waals surface area contributed by atoms with Crippen molar-refractivity contribution >= 4 is 15.7 Å². The molecule has 150 valence electrons. The molecule has 1 aliphatic rings. The van der Waals surface area contributed by atoms with Gasteiger partial charge in [-0.2, -0.15) is 0 Å². The van der Waals surface area contributed by atoms with Crippen LogP contribution in [0, 0.1) is 19.7 Å². The van der Waals surface area contributed by atoms with Crippen molar-refractivity contribution in [3.8, 4) is 5.75 Å². The van der Waals surface area contributed by atoms with Crippen molar-refractivity contribution in [3.63, 3.8) is 0 Å². The molecule has 1 fully saturated rings. The summed E-state index contributed by atoms with van der Waals surface area (Å²) in [4.78, 5) is 14.4. The van der Waals surface area contributed by atoms with Crippen LogP contribution in [-0.2, 0) is 21.2 Å². The monoisotopic (exact) mass is 405 g/mol. The van der Waals surface area contributed by atoms with Gasteiger partial charge in [0.25, 0.3) is 5.91 Å². The fourth-order valence-corrected chi connectivity index (χ4v) is 5.04. The van der Waals surface area contributed by atoms with E-state index in [9.17, 15) is 17.6 Å². The molecule has 1 atom stereocenters. The second kappa shape index (κ2) is 8.31. The van der Waals surface area contributed by atoms with E-state index in [2.05, 4.69) is 0 Å². The smallest absolute Gasteiger partial charge is 0.261 e. The Morgan fingerprint density at radius 2 is 1.96 bits per heavy atom. The Morgan fingerprint density at radius 1 is 1.18 bits per heavy atom. The van der Waals surface area contributed by atoms with Crippen molar-refractivity contribution in [2.24, 2.45) is 0 Å². The number of benzene rings is 2. The maximum absolute atomic E-state index is 13.5. The summed E-state index contributed by atoms with van der Waals surface area (Å²) in [5.41, 5.74) is 2.80. The van der Waals surface area contributed by atoms with Gasteiger partial charge in [0.1, 0.15) is 11.6 Å². The number of sulfone groups is 1. The first-order valence-electron chi connectivity index (χ1n) is 9.18. The van der Waals surface area contributed by atoms with Crippen LogP contribution < -0.4 is 4.74 Å². The zero-order chi connectivity index (χ0) is 20.3. The highest BCUT2D eigenvalue weighted by Crippen LogP contribution is 2.22. The van der Waals surface area contributed by atoms with Gasteiger partial charge in [0, 0.05) is 12.6 Å². The second-order valence-electron chi connectivity index (χ2n) is 7.24. The number of carbonyl (C=O) groups excluding carboxylic acids is 1. The second-order valence-corrected chi connectivity index (χ2v) is 9.47. The number of hydrogen-bond acceptors (Lipinski definition) is 4. The first-order valence-corrected chi connectivity index (χ1v) is 11.0. The summed E-state index contributed by atoms with van der Waals surface area (Å²) in [7, 11) is -3.16. The molecular weight excluding hydrogens is 381 g/mol. The molecule has 0 spiro atoms. The molecule has 1 saturated heterocycles. The van der Waals surface area contributed by atoms with E-state index in [1.165, 1.54) is 17.0 Å². The molecule has 3 rings (SSSR count). The molecular formula is C21H24FNO4S. The van der Waals surface area contributed by atoms with Crippen LogP contribution in [0.15, 0.2) is 42.5 Å². The highest BCUT2D eigenvalue weighted by Gasteiger charge is 2.34. The van der Waals surface area contributed by atoms with Crippen molar-refractivity contribution < 1.29 is 22.3 Å². The third kappa shape index (κ3) is 5.10. The lowest BCUT2D eigenvalue weighted by atomic mass is 10.1. The van der Waals surface area contributed by atoms with Gasteiger partial charge in [0.05, 0.1) is 11.5 Å². The highest BCUT2D eigenvalue weighted by atomic mass is 32.2. The lowest BCUT2D eigenvalue weighted by Crippen LogP contribution is -2.43. The van der Waals surface area contributed by atoms with E-state index in [-0.39, 0.29) is 30.6 Å². The average molecular weight is 405 g/mol. The molecule has 1 aliphatic heterocycles. The Kier molecular flexibility index (Phi) is 6.03. The van der Waals surface area contributed by atoms with Crippen LogP contribution >= 0.6 is 0 Å². The van der Waals surface area contributed by atoms with Gasteiger partial charge >= 0.3 is 0 Å². The number of aryl methyl sites for hydroxylation is 2. The summed E-state index contributed by atoms with van der Waals surface area (Å²) in [5, 5.41) is 0. The van der Waals surface area contributed by atoms with E-state index < -0.39 is 21.7 Å². The maximum Gasteiger partial charge on any atom is 0.261 e. The first kappa shape index (κ1) is 20.3. The lowest BCUT2D eigenvalue weighted by Gasteiger charge is -2.28. The molecule has 1 amide bonds. The quantitative estimate of drug-likeness (QED) is 0.741. The van der Waals surface area contributed by atoms with Crippen LogP contribution in [-0.4, -0.2) is 43.4 Å². The van der Waals surface area contributed by atoms with E-state index in [1.807, 2.05) is 26.0 Å². The number of halogens is 1. The molecule has 0 aliphatic carbocycles. The molecule has 5 nitrogen and oxygen atoms in total. The van der Waals surface area contributed by atoms with Crippen LogP contribution in [0.4, 0.5) is 4.39 Å². The van der Waals surface area contributed by atoms with Gasteiger partial charge in [-0.25, -0.2) is 12.8 Å². The Balaban J connectivity index is 1.75. The van der Waals surface area contributed by atoms with Gasteiger partial charge in [0.2, 0.25) is 0 Å². The van der Waals surface area contributed by atoms with Gasteiger partial charge in [0.15, 0.2) is 16.4 Å². The molecule has 7 heteroatoms. The van der Waals surface area contributed by atoms with Crippen molar-refractivity contribution in [3.05, 3.63) is 65.0 Å². The summed E-state index contributed by atoms with van der Waals surface area (Å²) in [6.07, 6.45) is 0.382. The largest absolute Gasteiger partial charge is 0.484 e. The molecule has 0 aromatic heterocycles. The molecule has 0 unspecified atom stereocenters. The van der Waals surface area contributed by atoms with Crippen molar-refractivity contribution in [2.75, 3.05) is 18.1 Å². The van der Waals surface area contributed by atoms with Gasteiger partial charge in [-0.3, -0.25) is 4.79 Å². The van der Waals surface area contributed by atoms with Crippen molar-refractivity contribution in [1.82, 2.24) is 4.90 Å². The standard InChI is InChI=1S/C21H24FNO4S/c1-15-6-7-20(10-16(15)2)27-13-21(24)23(19-8-9-28(25,26)14-19)12-17-4-3-5-18(22)11-17/h3-7,10-11,19H,8-9,12-14H2,1-2H3/t19-/m0/s1. The zero-order valence-corrected chi connectivity index (χ0v) is 16.8. The first-order chi connectivity index (χ1) is 13.2. The molecule has 0 saturated carbocycles. The molecule has 1 heterocycles. The highest BCUT2D eigenvalue weighted by molar-refractivity contribution is 7.91. The minimum Gasteiger partial charge on any atom is -0.484 e. The molecule has 2 aromatic rings. The topological polar surface area (TPSA) is 63.7 Å². The summed E-state index contributed by atoms with van der Waals surface area (Å²) in [5.74, 6) is -0.138. The van der Waals surface area contributed by atoms with E-state index in [4.69, 9.17) is 4.74 Å². The molecule has 0 bridgehead atoms. The minimum atomic E-state index is -3.16. The van der Waals surface area contributed by atoms with Crippen LogP contribution in [0.1, 0.15) is 23.1 Å². The number of ether oxygens (including phenoxy) is 1. The Hall–Kier alpha value is -2.41. The minimum absolute atomic E-state index is 0.0581. The van der Waals surface area contributed by atoms with E-state index in [0.717, 1.165) is 11.1 Å². The van der Waals surface area contributed by atoms with E-state index in [0.29, 0.717) is 17.7 Å². The fourth-order valence-electron chi connectivity index (χ4n) is 3.31. The number of hydrogen-bond donors (Lipinski definition) is 0. The molecule has 28 heavy (non-hydrogen) atoms. The fraction of sp³-hybridized carbons (Fsp3) is 0.381. The Bertz CT molecular complexity index is 974. The van der Waals surface area contributed by atoms with E-state index >= 15 is 0 Å². The zero-order valence-electron chi connectivity index (χ0n) is 16.0. The van der Waals surface area contributed by atoms with Crippen LogP contribution in [0.5, 0.6) is 5.75 Å². The Labute approximate surface area is 165 Å². The molecule has 0 N–H and O–H groups in total. The lowest BCUT2D eigenvalue weighted by molar-refractivity contribution is -0.136. The number of nitrogens with zero attached hydrogens (tertiary/aromatic N) is 1. The van der Waals surface area contributed by atoms with Gasteiger partial charge < -0.3 is 9.64 Å². The van der Waals surface area contributed by atoms with Crippen LogP contribution in [0.3, 0.4) is 0 Å². The number of amides is 1. The predicted molar refractivity (Wildman–Crippen MR) is 105 cm³/mol. The summed E-state index contributed by atoms with van der Waals surface area (Å²) < 4.78 is 43.0. The van der Waals surface area contributed by atoms with Crippen LogP contribution in [0.25, 0.3) is 0 Å². The van der Waals surface area contributed by atoms with Gasteiger partial charge in [-0.1, -0.05) is 18.2 Å². The predicted octanol–water partition coefficient (Wildman–Crippen LogP) is 3.04. The summed E-state index contributed by atoms with van der Waals surface area (Å²) >= 11 is 0. The SMILES string of the molecule is Cc1ccc(OCC(=O)N(Cc2cccc(F)c2)[C@H]2CCS(=O)(=O)C2)cc1C. The number of rotatable bonds is 6. The molecule has 0 radical (unpaired) electrons. The van der Waals surface area contributed by atoms with Gasteiger partial charge in [-0.15, -0.1) is 0 Å². The molecule has 2 aromatic carbocycles. The van der Waals surface area contributed by atoms with Crippen LogP contribution in [0.2, 0.25) is 0 Å². The third-order valence-electron chi connectivity index (χ3n) is 5.05. The van der Waals surface area contributed by atoms with E-state index in [1.54, 1.807) is 18.2 Å². The average Bonchev–Trinajstić information content (AvgIpc) is 3.00. The maximum atomic E-state index is 13.5. The van der Waals surface area contributed by atoms with Gasteiger partial charge in [-0.05, 0) is 61.2 Å². The Morgan fingerprint density at radius 3 is 2.61 bits per heavy atom. The third-order valence-corrected chi connectivity index (χ3v) is 6.80. The van der Waals surface area contributed by atoms with Crippen molar-refractivity contribution in [2.45, 2.75) is 32.9 Å². The summed E-state index contributed by atoms with van der Waals surface area (Å²) in [6, 6.07) is 11.1. The number of carbonyl (C=O) groups is 1. The normalized spacial score (nSPS) is 18.0.